The molecule has 1 aromatic heterocycles. The fourth-order valence-corrected chi connectivity index (χ4v) is 1.84. The molecule has 0 fully saturated rings. The van der Waals surface area contributed by atoms with E-state index in [1.165, 1.54) is 12.4 Å². The van der Waals surface area contributed by atoms with Gasteiger partial charge in [0, 0.05) is 16.9 Å². The smallest absolute Gasteiger partial charge is 0.244 e. The first-order chi connectivity index (χ1) is 8.66. The van der Waals surface area contributed by atoms with Gasteiger partial charge >= 0.3 is 0 Å². The molecule has 2 rings (SSSR count). The van der Waals surface area contributed by atoms with Crippen molar-refractivity contribution in [1.29, 1.82) is 5.41 Å². The molecule has 0 aliphatic rings. The molecule has 0 amide bonds. The molecule has 0 bridgehead atoms. The number of nitrogens with one attached hydrogen (secondary N) is 1. The number of nitrogens with zero attached hydrogens (tertiary/aromatic N) is 2. The van der Waals surface area contributed by atoms with Crippen molar-refractivity contribution in [2.45, 2.75) is 6.61 Å². The van der Waals surface area contributed by atoms with Crippen molar-refractivity contribution in [1.82, 2.24) is 9.97 Å². The lowest BCUT2D eigenvalue weighted by Crippen LogP contribution is -2.15. The number of rotatable bonds is 4. The molecule has 0 aliphatic heterocycles. The van der Waals surface area contributed by atoms with Gasteiger partial charge in [-0.15, -0.1) is 0 Å². The van der Waals surface area contributed by atoms with Crippen molar-refractivity contribution >= 4 is 21.8 Å². The van der Waals surface area contributed by atoms with Crippen molar-refractivity contribution < 1.29 is 4.74 Å². The number of aromatic nitrogens is 2. The third-order valence-corrected chi connectivity index (χ3v) is 2.68. The van der Waals surface area contributed by atoms with Crippen LogP contribution >= 0.6 is 15.9 Å². The molecule has 2 aromatic rings. The van der Waals surface area contributed by atoms with Crippen molar-refractivity contribution in [3.8, 4) is 5.88 Å². The third-order valence-electron chi connectivity index (χ3n) is 2.18. The predicted molar refractivity (Wildman–Crippen MR) is 71.5 cm³/mol. The summed E-state index contributed by atoms with van der Waals surface area (Å²) in [6.07, 6.45) is 2.98. The molecular formula is C12H11BrN4O. The second kappa shape index (κ2) is 5.59. The fraction of sp³-hybridized carbons (Fsp3) is 0.0833. The van der Waals surface area contributed by atoms with E-state index in [0.29, 0.717) is 6.61 Å². The first kappa shape index (κ1) is 12.5. The van der Waals surface area contributed by atoms with Crippen LogP contribution in [-0.2, 0) is 6.61 Å². The molecule has 0 radical (unpaired) electrons. The number of hydrogen-bond acceptors (Lipinski definition) is 4. The van der Waals surface area contributed by atoms with E-state index in [4.69, 9.17) is 15.9 Å². The number of benzene rings is 1. The van der Waals surface area contributed by atoms with Crippen LogP contribution in [0.15, 0.2) is 41.1 Å². The highest BCUT2D eigenvalue weighted by atomic mass is 79.9. The van der Waals surface area contributed by atoms with Gasteiger partial charge in [0.25, 0.3) is 0 Å². The third kappa shape index (κ3) is 3.04. The van der Waals surface area contributed by atoms with Gasteiger partial charge in [0.2, 0.25) is 5.88 Å². The number of hydrogen-bond donors (Lipinski definition) is 2. The van der Waals surface area contributed by atoms with E-state index in [1.807, 2.05) is 24.3 Å². The first-order valence-corrected chi connectivity index (χ1v) is 5.99. The molecule has 1 aromatic carbocycles. The van der Waals surface area contributed by atoms with Crippen molar-refractivity contribution in [2.75, 3.05) is 0 Å². The van der Waals surface area contributed by atoms with E-state index < -0.39 is 0 Å². The number of halogens is 1. The minimum Gasteiger partial charge on any atom is -0.471 e. The van der Waals surface area contributed by atoms with E-state index in [-0.39, 0.29) is 17.4 Å². The monoisotopic (exact) mass is 306 g/mol. The topological polar surface area (TPSA) is 84.9 Å². The quantitative estimate of drug-likeness (QED) is 0.669. The summed E-state index contributed by atoms with van der Waals surface area (Å²) in [5, 5.41) is 7.38. The van der Waals surface area contributed by atoms with Gasteiger partial charge in [-0.1, -0.05) is 28.1 Å². The highest BCUT2D eigenvalue weighted by Crippen LogP contribution is 2.15. The van der Waals surface area contributed by atoms with E-state index in [9.17, 15) is 0 Å². The Morgan fingerprint density at radius 1 is 1.33 bits per heavy atom. The number of nitrogens with two attached hydrogens (primary N) is 1. The lowest BCUT2D eigenvalue weighted by molar-refractivity contribution is 0.291. The lowest BCUT2D eigenvalue weighted by Gasteiger charge is -2.08. The van der Waals surface area contributed by atoms with Gasteiger partial charge in [0.05, 0.1) is 0 Å². The molecule has 3 N–H and O–H groups in total. The Morgan fingerprint density at radius 3 is 2.83 bits per heavy atom. The van der Waals surface area contributed by atoms with Crippen molar-refractivity contribution in [3.05, 3.63) is 52.4 Å². The zero-order valence-corrected chi connectivity index (χ0v) is 11.0. The highest BCUT2D eigenvalue weighted by molar-refractivity contribution is 9.10. The van der Waals surface area contributed by atoms with Crippen LogP contribution in [-0.4, -0.2) is 15.8 Å². The molecule has 5 nitrogen and oxygen atoms in total. The molecule has 0 saturated carbocycles. The van der Waals surface area contributed by atoms with Crippen LogP contribution in [0.4, 0.5) is 0 Å². The van der Waals surface area contributed by atoms with Gasteiger partial charge in [-0.25, -0.2) is 9.97 Å². The van der Waals surface area contributed by atoms with E-state index >= 15 is 0 Å². The maximum atomic E-state index is 7.38. The van der Waals surface area contributed by atoms with E-state index in [0.717, 1.165) is 10.0 Å². The molecule has 0 saturated heterocycles. The zero-order chi connectivity index (χ0) is 13.0. The Balaban J connectivity index is 2.13. The van der Waals surface area contributed by atoms with Gasteiger partial charge in [-0.3, -0.25) is 5.41 Å². The lowest BCUT2D eigenvalue weighted by atomic mass is 10.2. The van der Waals surface area contributed by atoms with Gasteiger partial charge in [0.15, 0.2) is 5.69 Å². The Morgan fingerprint density at radius 2 is 2.11 bits per heavy atom. The summed E-state index contributed by atoms with van der Waals surface area (Å²) in [4.78, 5) is 7.98. The number of amidine groups is 1. The SMILES string of the molecule is N=C(N)c1nccnc1OCc1cccc(Br)c1. The summed E-state index contributed by atoms with van der Waals surface area (Å²) in [5.74, 6) is 0.109. The maximum absolute atomic E-state index is 7.38. The molecule has 1 heterocycles. The fourth-order valence-electron chi connectivity index (χ4n) is 1.39. The van der Waals surface area contributed by atoms with E-state index in [2.05, 4.69) is 25.9 Å². The highest BCUT2D eigenvalue weighted by Gasteiger charge is 2.09. The van der Waals surface area contributed by atoms with Crippen molar-refractivity contribution in [2.24, 2.45) is 5.73 Å². The molecule has 0 spiro atoms. The summed E-state index contributed by atoms with van der Waals surface area (Å²) >= 11 is 3.39. The molecular weight excluding hydrogens is 296 g/mol. The predicted octanol–water partition coefficient (Wildman–Crippen LogP) is 2.10. The van der Waals surface area contributed by atoms with Gasteiger partial charge in [-0.05, 0) is 17.7 Å². The average molecular weight is 307 g/mol. The number of ether oxygens (including phenoxy) is 1. The molecule has 18 heavy (non-hydrogen) atoms. The van der Waals surface area contributed by atoms with Crippen LogP contribution in [0.3, 0.4) is 0 Å². The van der Waals surface area contributed by atoms with Crippen LogP contribution in [0.2, 0.25) is 0 Å². The Bertz CT molecular complexity index is 574. The molecule has 0 aliphatic carbocycles. The maximum Gasteiger partial charge on any atom is 0.244 e. The van der Waals surface area contributed by atoms with Crippen LogP contribution in [0.1, 0.15) is 11.3 Å². The standard InChI is InChI=1S/C12H11BrN4O/c13-9-3-1-2-8(6-9)7-18-12-10(11(14)15)16-4-5-17-12/h1-6H,7H2,(H3,14,15). The van der Waals surface area contributed by atoms with Crippen LogP contribution in [0, 0.1) is 5.41 Å². The normalized spacial score (nSPS) is 10.1. The Labute approximate surface area is 113 Å². The molecule has 92 valence electrons. The van der Waals surface area contributed by atoms with Crippen molar-refractivity contribution in [3.63, 3.8) is 0 Å². The largest absolute Gasteiger partial charge is 0.471 e. The summed E-state index contributed by atoms with van der Waals surface area (Å²) in [5.41, 5.74) is 6.65. The van der Waals surface area contributed by atoms with Gasteiger partial charge < -0.3 is 10.5 Å². The Hall–Kier alpha value is -1.95. The van der Waals surface area contributed by atoms with Crippen LogP contribution in [0.5, 0.6) is 5.88 Å². The molecule has 0 unspecified atom stereocenters. The van der Waals surface area contributed by atoms with Gasteiger partial charge in [0.1, 0.15) is 12.4 Å². The second-order valence-electron chi connectivity index (χ2n) is 3.54. The molecule has 0 atom stereocenters. The van der Waals surface area contributed by atoms with Gasteiger partial charge in [-0.2, -0.15) is 0 Å². The summed E-state index contributed by atoms with van der Waals surface area (Å²) in [7, 11) is 0. The van der Waals surface area contributed by atoms with E-state index in [1.54, 1.807) is 0 Å². The minimum absolute atomic E-state index is 0.160. The van der Waals surface area contributed by atoms with Crippen LogP contribution < -0.4 is 10.5 Å². The summed E-state index contributed by atoms with van der Waals surface area (Å²) in [6.45, 7) is 0.346. The Kier molecular flexibility index (Phi) is 3.88. The van der Waals surface area contributed by atoms with Crippen LogP contribution in [0.25, 0.3) is 0 Å². The molecule has 6 heteroatoms. The second-order valence-corrected chi connectivity index (χ2v) is 4.46. The zero-order valence-electron chi connectivity index (χ0n) is 9.43. The minimum atomic E-state index is -0.160. The summed E-state index contributed by atoms with van der Waals surface area (Å²) in [6, 6.07) is 7.75. The number of nitrogen functional groups attached to an aromatic ring is 1. The summed E-state index contributed by atoms with van der Waals surface area (Å²) < 4.78 is 6.51. The first-order valence-electron chi connectivity index (χ1n) is 5.19. The average Bonchev–Trinajstić information content (AvgIpc) is 2.37.